The van der Waals surface area contributed by atoms with E-state index in [4.69, 9.17) is 0 Å². The largest absolute Gasteiger partial charge is 0.310 e. The Hall–Kier alpha value is -8.92. The van der Waals surface area contributed by atoms with Gasteiger partial charge in [-0.05, 0) is 169 Å². The highest BCUT2D eigenvalue weighted by Crippen LogP contribution is 2.52. The zero-order chi connectivity index (χ0) is 62.3. The quantitative estimate of drug-likeness (QED) is 0.156. The van der Waals surface area contributed by atoms with Crippen LogP contribution in [0.3, 0.4) is 0 Å². The number of hydrogen-bond donors (Lipinski definition) is 0. The molecule has 0 fully saturated rings. The van der Waals surface area contributed by atoms with Crippen LogP contribution in [0.15, 0.2) is 231 Å². The molecule has 0 bridgehead atoms. The van der Waals surface area contributed by atoms with Crippen molar-refractivity contribution in [1.82, 2.24) is 4.57 Å². The number of aromatic nitrogens is 1. The molecule has 11 aromatic carbocycles. The second-order valence-electron chi connectivity index (χ2n) is 30.7. The Labute approximate surface area is 529 Å². The molecule has 0 saturated heterocycles. The minimum atomic E-state index is -0.184. The van der Waals surface area contributed by atoms with Gasteiger partial charge in [0.1, 0.15) is 0 Å². The SMILES string of the molecule is CC(C)(C)c1ccc(-c2cc3c4c(c2)c2ccccc2c2ccccc2c2ccccc2n4-c2cc(-c4cc(C(C)(C)C)cc(C(C)(C)C)c4)cc4c2B3c2ccc(C(C)(C)C)cc2N4c2c(-c3ccccc3)cc(C(C)(C)C)cc2-c2ccccc2)cc1. The van der Waals surface area contributed by atoms with E-state index in [-0.39, 0.29) is 33.8 Å². The van der Waals surface area contributed by atoms with E-state index in [1.165, 1.54) is 149 Å². The van der Waals surface area contributed by atoms with E-state index in [2.05, 4.69) is 344 Å². The Bertz CT molecular complexity index is 4800. The number of para-hydroxylation sites is 1. The lowest BCUT2D eigenvalue weighted by atomic mass is 9.33. The highest BCUT2D eigenvalue weighted by atomic mass is 15.2. The molecule has 0 spiro atoms. The highest BCUT2D eigenvalue weighted by molar-refractivity contribution is 7.00. The van der Waals surface area contributed by atoms with Crippen molar-refractivity contribution < 1.29 is 0 Å². The molecule has 3 heterocycles. The number of anilines is 3. The second-order valence-corrected chi connectivity index (χ2v) is 30.7. The minimum Gasteiger partial charge on any atom is -0.310 e. The van der Waals surface area contributed by atoms with Crippen molar-refractivity contribution in [3.8, 4) is 50.2 Å². The standard InChI is InChI=1S/C86H83BN2/c1-82(2,3)60-40-38-54(39-41-60)58-46-72-68-35-25-23-33-66(68)65-32-22-24-34-67(65)69-36-26-27-37-75(69)88-77-48-59(57-44-62(84(7,8)9)50-63(45-57)85(10,11)12)49-78-79(77)87(74(47-58)81(72)88)73-43-42-61(83(4,5)6)53-76(73)89(78)80-70(55-28-18-16-19-29-55)51-64(86(13,14)15)52-71(80)56-30-20-17-21-31-56/h16-53H,1-15H3. The Morgan fingerprint density at radius 2 is 0.697 bits per heavy atom. The summed E-state index contributed by atoms with van der Waals surface area (Å²) in [6.45, 7) is 35.1. The van der Waals surface area contributed by atoms with Gasteiger partial charge in [-0.2, -0.15) is 0 Å². The van der Waals surface area contributed by atoms with Crippen LogP contribution in [0.4, 0.5) is 17.1 Å². The molecule has 440 valence electrons. The monoisotopic (exact) mass is 1150 g/mol. The summed E-state index contributed by atoms with van der Waals surface area (Å²) in [7, 11) is 0. The van der Waals surface area contributed by atoms with Gasteiger partial charge in [-0.1, -0.05) is 292 Å². The van der Waals surface area contributed by atoms with E-state index < -0.39 is 0 Å². The minimum absolute atomic E-state index is 0.00770. The Balaban J connectivity index is 1.27. The molecular formula is C86H83BN2. The second kappa shape index (κ2) is 20.8. The maximum absolute atomic E-state index is 2.74. The summed E-state index contributed by atoms with van der Waals surface area (Å²) in [6.07, 6.45) is 0. The summed E-state index contributed by atoms with van der Waals surface area (Å²) in [6, 6.07) is 89.8. The zero-order valence-corrected chi connectivity index (χ0v) is 54.9. The Kier molecular flexibility index (Phi) is 13.5. The van der Waals surface area contributed by atoms with Gasteiger partial charge in [0.05, 0.1) is 11.2 Å². The Morgan fingerprint density at radius 1 is 0.270 bits per heavy atom. The van der Waals surface area contributed by atoms with Crippen LogP contribution in [0.1, 0.15) is 132 Å². The zero-order valence-electron chi connectivity index (χ0n) is 54.9. The number of rotatable bonds is 5. The van der Waals surface area contributed by atoms with Crippen molar-refractivity contribution in [3.05, 3.63) is 258 Å². The molecule has 2 aliphatic heterocycles. The molecule has 0 amide bonds. The first-order valence-corrected chi connectivity index (χ1v) is 32.3. The fraction of sp³-hybridized carbons (Fsp3) is 0.233. The smallest absolute Gasteiger partial charge is 0.252 e. The predicted molar refractivity (Wildman–Crippen MR) is 388 cm³/mol. The average Bonchev–Trinajstić information content (AvgIpc) is 1.39. The Morgan fingerprint density at radius 3 is 1.22 bits per heavy atom. The van der Waals surface area contributed by atoms with Crippen LogP contribution in [0.2, 0.25) is 0 Å². The van der Waals surface area contributed by atoms with Crippen molar-refractivity contribution in [2.75, 3.05) is 4.90 Å². The maximum atomic E-state index is 2.74. The molecule has 0 N–H and O–H groups in total. The molecule has 2 aliphatic rings. The number of hydrogen-bond acceptors (Lipinski definition) is 1. The van der Waals surface area contributed by atoms with Gasteiger partial charge in [-0.25, -0.2) is 0 Å². The van der Waals surface area contributed by atoms with E-state index in [9.17, 15) is 0 Å². The van der Waals surface area contributed by atoms with E-state index in [1.54, 1.807) is 0 Å². The molecule has 0 aliphatic carbocycles. The number of fused-ring (bicyclic) bond motifs is 11. The summed E-state index contributed by atoms with van der Waals surface area (Å²) in [5.74, 6) is 0. The molecule has 1 aromatic heterocycles. The summed E-state index contributed by atoms with van der Waals surface area (Å²) in [4.78, 5) is 2.74. The lowest BCUT2D eigenvalue weighted by Gasteiger charge is -2.43. The number of nitrogens with zero attached hydrogens (tertiary/aromatic N) is 2. The van der Waals surface area contributed by atoms with Gasteiger partial charge in [0.15, 0.2) is 0 Å². The van der Waals surface area contributed by atoms with Crippen LogP contribution in [0.25, 0.3) is 93.5 Å². The summed E-state index contributed by atoms with van der Waals surface area (Å²) >= 11 is 0. The third-order valence-electron chi connectivity index (χ3n) is 19.4. The van der Waals surface area contributed by atoms with Gasteiger partial charge in [-0.3, -0.25) is 0 Å². The van der Waals surface area contributed by atoms with Gasteiger partial charge in [0, 0.05) is 44.5 Å². The molecule has 0 unspecified atom stereocenters. The molecular weight excluding hydrogens is 1070 g/mol. The van der Waals surface area contributed by atoms with E-state index in [0.29, 0.717) is 0 Å². The normalized spacial score (nSPS) is 13.3. The first kappa shape index (κ1) is 57.8. The van der Waals surface area contributed by atoms with E-state index >= 15 is 0 Å². The van der Waals surface area contributed by atoms with Gasteiger partial charge < -0.3 is 9.47 Å². The van der Waals surface area contributed by atoms with Gasteiger partial charge >= 0.3 is 0 Å². The van der Waals surface area contributed by atoms with Crippen molar-refractivity contribution in [3.63, 3.8) is 0 Å². The first-order valence-electron chi connectivity index (χ1n) is 32.3. The van der Waals surface area contributed by atoms with Crippen LogP contribution in [0.5, 0.6) is 0 Å². The summed E-state index contributed by atoms with van der Waals surface area (Å²) in [5.41, 5.74) is 26.6. The molecule has 0 radical (unpaired) electrons. The maximum Gasteiger partial charge on any atom is 0.252 e. The van der Waals surface area contributed by atoms with Crippen LogP contribution in [-0.4, -0.2) is 11.3 Å². The molecule has 14 rings (SSSR count). The van der Waals surface area contributed by atoms with Crippen molar-refractivity contribution >= 4 is 83.5 Å². The van der Waals surface area contributed by atoms with E-state index in [1.807, 2.05) is 0 Å². The lowest BCUT2D eigenvalue weighted by Crippen LogP contribution is -2.60. The highest BCUT2D eigenvalue weighted by Gasteiger charge is 2.44. The summed E-state index contributed by atoms with van der Waals surface area (Å²) < 4.78 is 2.72. The summed E-state index contributed by atoms with van der Waals surface area (Å²) in [5, 5.41) is 7.28. The van der Waals surface area contributed by atoms with Crippen LogP contribution in [-0.2, 0) is 27.1 Å². The first-order chi connectivity index (χ1) is 42.3. The van der Waals surface area contributed by atoms with Crippen molar-refractivity contribution in [2.45, 2.75) is 131 Å². The molecule has 0 atom stereocenters. The molecule has 2 nitrogen and oxygen atoms in total. The van der Waals surface area contributed by atoms with Gasteiger partial charge in [0.25, 0.3) is 6.71 Å². The third-order valence-corrected chi connectivity index (χ3v) is 19.4. The predicted octanol–water partition coefficient (Wildman–Crippen LogP) is 22.0. The molecule has 12 aromatic rings. The van der Waals surface area contributed by atoms with Gasteiger partial charge in [-0.15, -0.1) is 0 Å². The molecule has 3 heteroatoms. The van der Waals surface area contributed by atoms with Crippen molar-refractivity contribution in [1.29, 1.82) is 0 Å². The fourth-order valence-electron chi connectivity index (χ4n) is 14.2. The lowest BCUT2D eigenvalue weighted by molar-refractivity contribution is 0.569. The average molecular weight is 1160 g/mol. The topological polar surface area (TPSA) is 8.17 Å². The third kappa shape index (κ3) is 9.97. The van der Waals surface area contributed by atoms with E-state index in [0.717, 1.165) is 5.52 Å². The molecule has 0 saturated carbocycles. The van der Waals surface area contributed by atoms with Crippen LogP contribution < -0.4 is 21.3 Å². The van der Waals surface area contributed by atoms with Crippen molar-refractivity contribution in [2.24, 2.45) is 0 Å². The van der Waals surface area contributed by atoms with Gasteiger partial charge in [0.2, 0.25) is 0 Å². The fourth-order valence-corrected chi connectivity index (χ4v) is 14.2. The number of benzene rings is 11. The van der Waals surface area contributed by atoms with Crippen LogP contribution in [0, 0.1) is 0 Å². The van der Waals surface area contributed by atoms with Crippen LogP contribution >= 0.6 is 0 Å². The molecule has 89 heavy (non-hydrogen) atoms.